The Morgan fingerprint density at radius 1 is 1.35 bits per heavy atom. The van der Waals surface area contributed by atoms with Crippen LogP contribution < -0.4 is 10.6 Å². The summed E-state index contributed by atoms with van der Waals surface area (Å²) < 4.78 is 0. The number of H-pyrrole nitrogens is 1. The number of nitrogens with one attached hydrogen (secondary N) is 3. The summed E-state index contributed by atoms with van der Waals surface area (Å²) in [5.74, 6) is 0.594. The number of carbonyl (C=O) groups is 1. The molecule has 31 heavy (non-hydrogen) atoms. The third-order valence-electron chi connectivity index (χ3n) is 5.49. The standard InChI is InChI=1S/C22H27ClN6O2/c1-14(30)10-24-13-20(31)29-8-6-15(7-9-29)27-22-26-12-18(23)21(28-22)17-11-25-19-5-3-2-4-16(17)19/h2-5,11-12,14-15,24-25,30H,6-10,13H2,1H3,(H,26,27,28). The number of aliphatic hydroxyl groups excluding tert-OH is 1. The van der Waals surface area contributed by atoms with E-state index in [9.17, 15) is 9.90 Å². The van der Waals surface area contributed by atoms with E-state index < -0.39 is 6.10 Å². The van der Waals surface area contributed by atoms with E-state index in [1.807, 2.05) is 35.4 Å². The molecule has 3 heterocycles. The second kappa shape index (κ2) is 9.64. The number of hydrogen-bond acceptors (Lipinski definition) is 6. The Labute approximate surface area is 186 Å². The number of fused-ring (bicyclic) bond motifs is 1. The van der Waals surface area contributed by atoms with Gasteiger partial charge >= 0.3 is 0 Å². The fraction of sp³-hybridized carbons (Fsp3) is 0.409. The second-order valence-corrected chi connectivity index (χ2v) is 8.32. The summed E-state index contributed by atoms with van der Waals surface area (Å²) >= 11 is 6.41. The van der Waals surface area contributed by atoms with E-state index >= 15 is 0 Å². The Hall–Kier alpha value is -2.68. The number of halogens is 1. The van der Waals surface area contributed by atoms with Crippen LogP contribution in [0, 0.1) is 0 Å². The van der Waals surface area contributed by atoms with Crippen LogP contribution in [0.4, 0.5) is 5.95 Å². The van der Waals surface area contributed by atoms with Crippen molar-refractivity contribution in [2.24, 2.45) is 0 Å². The van der Waals surface area contributed by atoms with Crippen LogP contribution in [0.1, 0.15) is 19.8 Å². The van der Waals surface area contributed by atoms with Crippen molar-refractivity contribution in [3.05, 3.63) is 41.7 Å². The van der Waals surface area contributed by atoms with Gasteiger partial charge in [0.1, 0.15) is 0 Å². The number of nitrogens with zero attached hydrogens (tertiary/aromatic N) is 3. The quantitative estimate of drug-likeness (QED) is 0.448. The molecule has 0 radical (unpaired) electrons. The van der Waals surface area contributed by atoms with Gasteiger partial charge in [0.05, 0.1) is 29.6 Å². The number of anilines is 1. The summed E-state index contributed by atoms with van der Waals surface area (Å²) in [5.41, 5.74) is 2.66. The average molecular weight is 443 g/mol. The molecular formula is C22H27ClN6O2. The monoisotopic (exact) mass is 442 g/mol. The number of benzene rings is 1. The van der Waals surface area contributed by atoms with E-state index in [0.29, 0.717) is 36.3 Å². The highest BCUT2D eigenvalue weighted by Crippen LogP contribution is 2.32. The summed E-state index contributed by atoms with van der Waals surface area (Å²) in [6.07, 6.45) is 4.71. The molecule has 3 aromatic rings. The van der Waals surface area contributed by atoms with E-state index in [4.69, 9.17) is 11.6 Å². The third-order valence-corrected chi connectivity index (χ3v) is 5.76. The predicted octanol–water partition coefficient (Wildman–Crippen LogP) is 2.65. The molecule has 0 spiro atoms. The fourth-order valence-electron chi connectivity index (χ4n) is 3.85. The van der Waals surface area contributed by atoms with E-state index in [1.165, 1.54) is 0 Å². The Morgan fingerprint density at radius 3 is 2.90 bits per heavy atom. The molecule has 1 atom stereocenters. The summed E-state index contributed by atoms with van der Waals surface area (Å²) in [5, 5.41) is 17.2. The van der Waals surface area contributed by atoms with Crippen LogP contribution in [-0.2, 0) is 4.79 Å². The van der Waals surface area contributed by atoms with Gasteiger partial charge in [0.25, 0.3) is 0 Å². The molecule has 1 fully saturated rings. The molecule has 0 saturated carbocycles. The van der Waals surface area contributed by atoms with Crippen molar-refractivity contribution in [2.75, 3.05) is 31.5 Å². The van der Waals surface area contributed by atoms with E-state index in [2.05, 4.69) is 25.6 Å². The first kappa shape index (κ1) is 21.5. The maximum Gasteiger partial charge on any atom is 0.236 e. The number of likely N-dealkylation sites (tertiary alicyclic amines) is 1. The molecule has 1 aliphatic heterocycles. The van der Waals surface area contributed by atoms with Gasteiger partial charge in [-0.15, -0.1) is 0 Å². The van der Waals surface area contributed by atoms with Crippen molar-refractivity contribution in [3.8, 4) is 11.3 Å². The molecule has 2 aromatic heterocycles. The Balaban J connectivity index is 1.38. The van der Waals surface area contributed by atoms with Crippen molar-refractivity contribution >= 4 is 34.4 Å². The van der Waals surface area contributed by atoms with Crippen molar-refractivity contribution in [2.45, 2.75) is 31.9 Å². The molecule has 0 aliphatic carbocycles. The topological polar surface area (TPSA) is 106 Å². The van der Waals surface area contributed by atoms with Gasteiger partial charge in [-0.1, -0.05) is 29.8 Å². The normalized spacial score (nSPS) is 15.9. The minimum Gasteiger partial charge on any atom is -0.392 e. The molecule has 8 nitrogen and oxygen atoms in total. The maximum absolute atomic E-state index is 12.3. The number of aromatic nitrogens is 3. The molecular weight excluding hydrogens is 416 g/mol. The summed E-state index contributed by atoms with van der Waals surface area (Å²) in [6.45, 7) is 3.70. The van der Waals surface area contributed by atoms with E-state index in [0.717, 1.165) is 29.3 Å². The minimum absolute atomic E-state index is 0.0588. The van der Waals surface area contributed by atoms with Gasteiger partial charge in [-0.2, -0.15) is 0 Å². The number of carbonyl (C=O) groups excluding carboxylic acids is 1. The van der Waals surface area contributed by atoms with Crippen LogP contribution in [0.3, 0.4) is 0 Å². The first-order valence-corrected chi connectivity index (χ1v) is 10.9. The van der Waals surface area contributed by atoms with Crippen LogP contribution in [-0.4, -0.2) is 69.2 Å². The molecule has 1 unspecified atom stereocenters. The summed E-state index contributed by atoms with van der Waals surface area (Å²) in [6, 6.07) is 8.21. The zero-order valence-electron chi connectivity index (χ0n) is 17.4. The van der Waals surface area contributed by atoms with Crippen LogP contribution >= 0.6 is 11.6 Å². The first-order valence-electron chi connectivity index (χ1n) is 10.5. The number of rotatable bonds is 7. The Kier molecular flexibility index (Phi) is 6.70. The number of piperidine rings is 1. The van der Waals surface area contributed by atoms with Gasteiger partial charge in [0.15, 0.2) is 0 Å². The van der Waals surface area contributed by atoms with Crippen LogP contribution in [0.25, 0.3) is 22.2 Å². The molecule has 0 bridgehead atoms. The number of hydrogen-bond donors (Lipinski definition) is 4. The van der Waals surface area contributed by atoms with Crippen molar-refractivity contribution < 1.29 is 9.90 Å². The number of amides is 1. The zero-order valence-corrected chi connectivity index (χ0v) is 18.2. The molecule has 9 heteroatoms. The van der Waals surface area contributed by atoms with Gasteiger partial charge in [0, 0.05) is 48.3 Å². The van der Waals surface area contributed by atoms with Crippen molar-refractivity contribution in [1.29, 1.82) is 0 Å². The lowest BCUT2D eigenvalue weighted by Crippen LogP contribution is -2.46. The number of aliphatic hydroxyl groups is 1. The average Bonchev–Trinajstić information content (AvgIpc) is 3.19. The van der Waals surface area contributed by atoms with Gasteiger partial charge in [-0.3, -0.25) is 4.79 Å². The molecule has 1 saturated heterocycles. The Bertz CT molecular complexity index is 1050. The minimum atomic E-state index is -0.462. The third kappa shape index (κ3) is 5.15. The van der Waals surface area contributed by atoms with E-state index in [1.54, 1.807) is 13.1 Å². The SMILES string of the molecule is CC(O)CNCC(=O)N1CCC(Nc2ncc(Cl)c(-c3c[nH]c4ccccc34)n2)CC1. The highest BCUT2D eigenvalue weighted by Gasteiger charge is 2.23. The predicted molar refractivity (Wildman–Crippen MR) is 122 cm³/mol. The summed E-state index contributed by atoms with van der Waals surface area (Å²) in [4.78, 5) is 26.4. The molecule has 1 amide bonds. The zero-order chi connectivity index (χ0) is 21.8. The Morgan fingerprint density at radius 2 is 2.13 bits per heavy atom. The molecule has 1 aliphatic rings. The van der Waals surface area contributed by atoms with E-state index in [-0.39, 0.29) is 18.5 Å². The van der Waals surface area contributed by atoms with Crippen LogP contribution in [0.15, 0.2) is 36.7 Å². The van der Waals surface area contributed by atoms with Crippen LogP contribution in [0.5, 0.6) is 0 Å². The molecule has 4 rings (SSSR count). The highest BCUT2D eigenvalue weighted by molar-refractivity contribution is 6.33. The lowest BCUT2D eigenvalue weighted by atomic mass is 10.1. The number of para-hydroxylation sites is 1. The van der Waals surface area contributed by atoms with Gasteiger partial charge in [0.2, 0.25) is 11.9 Å². The largest absolute Gasteiger partial charge is 0.392 e. The maximum atomic E-state index is 12.3. The lowest BCUT2D eigenvalue weighted by Gasteiger charge is -2.32. The number of aromatic amines is 1. The van der Waals surface area contributed by atoms with Gasteiger partial charge < -0.3 is 25.6 Å². The van der Waals surface area contributed by atoms with Crippen molar-refractivity contribution in [1.82, 2.24) is 25.2 Å². The van der Waals surface area contributed by atoms with Crippen molar-refractivity contribution in [3.63, 3.8) is 0 Å². The second-order valence-electron chi connectivity index (χ2n) is 7.92. The van der Waals surface area contributed by atoms with Gasteiger partial charge in [-0.25, -0.2) is 9.97 Å². The van der Waals surface area contributed by atoms with Crippen LogP contribution in [0.2, 0.25) is 5.02 Å². The fourth-order valence-corrected chi connectivity index (χ4v) is 4.04. The molecule has 164 valence electrons. The smallest absolute Gasteiger partial charge is 0.236 e. The summed E-state index contributed by atoms with van der Waals surface area (Å²) in [7, 11) is 0. The molecule has 4 N–H and O–H groups in total. The first-order chi connectivity index (χ1) is 15.0. The lowest BCUT2D eigenvalue weighted by molar-refractivity contribution is -0.131. The highest BCUT2D eigenvalue weighted by atomic mass is 35.5. The molecule has 1 aromatic carbocycles. The van der Waals surface area contributed by atoms with Gasteiger partial charge in [-0.05, 0) is 25.8 Å².